The molecule has 0 aromatic heterocycles. The number of hydrogen-bond donors (Lipinski definition) is 2. The van der Waals surface area contributed by atoms with Crippen molar-refractivity contribution in [2.24, 2.45) is 11.8 Å². The molecule has 7 atom stereocenters. The lowest BCUT2D eigenvalue weighted by molar-refractivity contribution is -0.153. The zero-order valence-corrected chi connectivity index (χ0v) is 27.9. The van der Waals surface area contributed by atoms with E-state index >= 15 is 0 Å². The average molecular weight is 559 g/mol. The molecule has 1 aliphatic rings. The van der Waals surface area contributed by atoms with Crippen LogP contribution in [0.4, 0.5) is 0 Å². The van der Waals surface area contributed by atoms with Crippen LogP contribution in [-0.2, 0) is 18.6 Å². The van der Waals surface area contributed by atoms with E-state index in [2.05, 4.69) is 68.9 Å². The van der Waals surface area contributed by atoms with Gasteiger partial charge in [0.2, 0.25) is 8.32 Å². The van der Waals surface area contributed by atoms with E-state index in [1.54, 1.807) is 0 Å². The van der Waals surface area contributed by atoms with Gasteiger partial charge in [0.05, 0.1) is 31.0 Å². The minimum Gasteiger partial charge on any atom is -0.413 e. The molecule has 0 unspecified atom stereocenters. The first-order chi connectivity index (χ1) is 17.3. The Balaban J connectivity index is 3.17. The molecule has 38 heavy (non-hydrogen) atoms. The van der Waals surface area contributed by atoms with E-state index < -0.39 is 32.4 Å². The second-order valence-corrected chi connectivity index (χ2v) is 19.1. The van der Waals surface area contributed by atoms with Crippen LogP contribution < -0.4 is 0 Å². The van der Waals surface area contributed by atoms with Gasteiger partial charge in [-0.15, -0.1) is 0 Å². The normalized spacial score (nSPS) is 23.2. The van der Waals surface area contributed by atoms with Gasteiger partial charge < -0.3 is 28.8 Å². The number of allylic oxidation sites excluding steroid dienone is 1. The average Bonchev–Trinajstić information content (AvgIpc) is 3.11. The lowest BCUT2D eigenvalue weighted by Gasteiger charge is -2.46. The fourth-order valence-electron chi connectivity index (χ4n) is 6.41. The zero-order chi connectivity index (χ0) is 29.6. The summed E-state index contributed by atoms with van der Waals surface area (Å²) in [4.78, 5) is 0. The molecule has 6 nitrogen and oxygen atoms in total. The third kappa shape index (κ3) is 9.97. The third-order valence-corrected chi connectivity index (χ3v) is 14.6. The van der Waals surface area contributed by atoms with Crippen molar-refractivity contribution in [2.75, 3.05) is 6.61 Å². The Kier molecular flexibility index (Phi) is 14.2. The molecule has 1 fully saturated rings. The zero-order valence-electron chi connectivity index (χ0n) is 26.9. The molecule has 1 saturated heterocycles. The lowest BCUT2D eigenvalue weighted by Crippen LogP contribution is -2.52. The molecule has 0 saturated carbocycles. The van der Waals surface area contributed by atoms with Crippen LogP contribution >= 0.6 is 0 Å². The number of ether oxygens (including phenoxy) is 3. The van der Waals surface area contributed by atoms with Gasteiger partial charge in [0, 0.05) is 12.5 Å². The Hall–Kier alpha value is -0.283. The van der Waals surface area contributed by atoms with Gasteiger partial charge in [0.15, 0.2) is 5.79 Å². The van der Waals surface area contributed by atoms with Gasteiger partial charge in [-0.1, -0.05) is 67.5 Å². The molecular formula is C31H62O6Si. The van der Waals surface area contributed by atoms with Crippen molar-refractivity contribution in [3.05, 3.63) is 12.2 Å². The van der Waals surface area contributed by atoms with Crippen LogP contribution in [0.5, 0.6) is 0 Å². The van der Waals surface area contributed by atoms with E-state index in [0.717, 1.165) is 12.0 Å². The predicted octanol–water partition coefficient (Wildman–Crippen LogP) is 7.23. The Morgan fingerprint density at radius 3 is 1.87 bits per heavy atom. The van der Waals surface area contributed by atoms with E-state index in [4.69, 9.17) is 18.6 Å². The highest BCUT2D eigenvalue weighted by atomic mass is 28.4. The lowest BCUT2D eigenvalue weighted by atomic mass is 9.88. The van der Waals surface area contributed by atoms with Crippen LogP contribution in [0.25, 0.3) is 0 Å². The summed E-state index contributed by atoms with van der Waals surface area (Å²) in [5, 5.41) is 22.9. The van der Waals surface area contributed by atoms with Gasteiger partial charge in [-0.05, 0) is 75.9 Å². The minimum absolute atomic E-state index is 0.0336. The molecule has 0 bridgehead atoms. The summed E-state index contributed by atoms with van der Waals surface area (Å²) in [7, 11) is -2.19. The van der Waals surface area contributed by atoms with E-state index in [9.17, 15) is 10.2 Å². The molecule has 0 radical (unpaired) electrons. The summed E-state index contributed by atoms with van der Waals surface area (Å²) < 4.78 is 25.1. The van der Waals surface area contributed by atoms with Gasteiger partial charge in [0.25, 0.3) is 0 Å². The quantitative estimate of drug-likeness (QED) is 0.145. The first-order valence-electron chi connectivity index (χ1n) is 15.0. The molecule has 1 heterocycles. The Labute approximate surface area is 236 Å². The van der Waals surface area contributed by atoms with Crippen LogP contribution in [0, 0.1) is 11.8 Å². The van der Waals surface area contributed by atoms with Crippen molar-refractivity contribution >= 4 is 8.32 Å². The van der Waals surface area contributed by atoms with Gasteiger partial charge >= 0.3 is 0 Å². The Bertz CT molecular complexity index is 685. The summed E-state index contributed by atoms with van der Waals surface area (Å²) >= 11 is 0. The highest BCUT2D eigenvalue weighted by molar-refractivity contribution is 6.77. The van der Waals surface area contributed by atoms with Crippen LogP contribution in [0.15, 0.2) is 12.2 Å². The molecule has 0 spiro atoms. The second kappa shape index (κ2) is 15.1. The van der Waals surface area contributed by atoms with Gasteiger partial charge in [-0.25, -0.2) is 0 Å². The van der Waals surface area contributed by atoms with Crippen molar-refractivity contribution in [1.29, 1.82) is 0 Å². The standard InChI is InChI=1S/C31H62O6Si/c1-19(2)24(11)15-26(37-38(21(5)6,22(7)8)23(9)10)17-28(32)29(33)30(35-20(3)4)25(12)16-27-18-34-31(13,14)36-27/h20-30,32-33H,1,15-18H2,2-14H3/t24-,25-,26-,27-,28+,29+,30+/m1/s1. The Morgan fingerprint density at radius 1 is 0.947 bits per heavy atom. The van der Waals surface area contributed by atoms with E-state index in [-0.39, 0.29) is 30.1 Å². The van der Waals surface area contributed by atoms with Crippen molar-refractivity contribution in [2.45, 2.75) is 168 Å². The number of aliphatic hydroxyl groups excluding tert-OH is 2. The molecule has 2 N–H and O–H groups in total. The minimum atomic E-state index is -2.19. The fraction of sp³-hybridized carbons (Fsp3) is 0.935. The highest BCUT2D eigenvalue weighted by Gasteiger charge is 2.47. The van der Waals surface area contributed by atoms with Crippen molar-refractivity contribution in [1.82, 2.24) is 0 Å². The highest BCUT2D eigenvalue weighted by Crippen LogP contribution is 2.44. The summed E-state index contributed by atoms with van der Waals surface area (Å²) in [5.41, 5.74) is 2.40. The maximum absolute atomic E-state index is 11.5. The maximum atomic E-state index is 11.5. The topological polar surface area (TPSA) is 77.4 Å². The smallest absolute Gasteiger partial charge is 0.200 e. The molecule has 7 heteroatoms. The first-order valence-corrected chi connectivity index (χ1v) is 17.1. The molecule has 1 rings (SSSR count). The second-order valence-electron chi connectivity index (χ2n) is 13.6. The number of aliphatic hydroxyl groups is 2. The van der Waals surface area contributed by atoms with E-state index in [0.29, 0.717) is 36.1 Å². The monoisotopic (exact) mass is 558 g/mol. The molecule has 0 amide bonds. The first kappa shape index (κ1) is 35.7. The third-order valence-electron chi connectivity index (χ3n) is 8.46. The summed E-state index contributed by atoms with van der Waals surface area (Å²) in [6.07, 6.45) is -1.05. The number of hydrogen-bond acceptors (Lipinski definition) is 6. The molecule has 226 valence electrons. The van der Waals surface area contributed by atoms with E-state index in [1.165, 1.54) is 0 Å². The predicted molar refractivity (Wildman–Crippen MR) is 160 cm³/mol. The van der Waals surface area contributed by atoms with Crippen LogP contribution in [-0.4, -0.2) is 67.5 Å². The van der Waals surface area contributed by atoms with Crippen molar-refractivity contribution in [3.8, 4) is 0 Å². The number of rotatable bonds is 17. The van der Waals surface area contributed by atoms with Crippen LogP contribution in [0.1, 0.15) is 109 Å². The fourth-order valence-corrected chi connectivity index (χ4v) is 12.0. The van der Waals surface area contributed by atoms with Crippen LogP contribution in [0.3, 0.4) is 0 Å². The summed E-state index contributed by atoms with van der Waals surface area (Å²) in [6, 6.07) is 0. The van der Waals surface area contributed by atoms with Crippen LogP contribution in [0.2, 0.25) is 16.6 Å². The van der Waals surface area contributed by atoms with Gasteiger partial charge in [-0.2, -0.15) is 0 Å². The van der Waals surface area contributed by atoms with Gasteiger partial charge in [0.1, 0.15) is 6.10 Å². The summed E-state index contributed by atoms with van der Waals surface area (Å²) in [6.45, 7) is 32.4. The summed E-state index contributed by atoms with van der Waals surface area (Å²) in [5.74, 6) is -0.373. The largest absolute Gasteiger partial charge is 0.413 e. The van der Waals surface area contributed by atoms with E-state index in [1.807, 2.05) is 27.7 Å². The molecular weight excluding hydrogens is 496 g/mol. The molecule has 0 aromatic rings. The van der Waals surface area contributed by atoms with Crippen molar-refractivity contribution < 1.29 is 28.8 Å². The SMILES string of the molecule is C=C(C)[C@H](C)C[C@H](C[C@H](O)[C@H](O)[C@@H](OC(C)C)[C@H](C)C[C@@H]1COC(C)(C)O1)O[Si](C(C)C)(C(C)C)C(C)C. The van der Waals surface area contributed by atoms with Crippen molar-refractivity contribution in [3.63, 3.8) is 0 Å². The molecule has 0 aliphatic carbocycles. The molecule has 0 aromatic carbocycles. The molecule has 1 aliphatic heterocycles. The Morgan fingerprint density at radius 2 is 1.47 bits per heavy atom. The van der Waals surface area contributed by atoms with Gasteiger partial charge in [-0.3, -0.25) is 0 Å². The maximum Gasteiger partial charge on any atom is 0.200 e.